The number of carbonyl (C=O) groups excluding carboxylic acids is 2. The van der Waals surface area contributed by atoms with Crippen LogP contribution in [0.3, 0.4) is 0 Å². The third-order valence-corrected chi connectivity index (χ3v) is 3.36. The van der Waals surface area contributed by atoms with Gasteiger partial charge in [0.25, 0.3) is 0 Å². The number of carbonyl (C=O) groups is 2. The Hall–Kier alpha value is -2.63. The molecule has 0 unspecified atom stereocenters. The van der Waals surface area contributed by atoms with Gasteiger partial charge in [-0.3, -0.25) is 14.3 Å². The summed E-state index contributed by atoms with van der Waals surface area (Å²) in [7, 11) is 1.57. The van der Waals surface area contributed by atoms with Gasteiger partial charge in [0.2, 0.25) is 11.8 Å². The number of likely N-dealkylation sites (N-methyl/N-ethyl adjacent to an activating group) is 1. The van der Waals surface area contributed by atoms with Crippen molar-refractivity contribution in [2.45, 2.75) is 26.8 Å². The standard InChI is InChI=1S/C16H20N4O2/c1-11-4-5-12(2)13(6-11)7-15(21)19-14-8-18-20(9-14)10-16(22)17-3/h4-6,8-9H,7,10H2,1-3H3,(H,17,22)(H,19,21). The Balaban J connectivity index is 1.97. The summed E-state index contributed by atoms with van der Waals surface area (Å²) in [5, 5.41) is 9.35. The fourth-order valence-electron chi connectivity index (χ4n) is 2.11. The van der Waals surface area contributed by atoms with Crippen molar-refractivity contribution in [3.05, 3.63) is 47.3 Å². The number of amides is 2. The second-order valence-corrected chi connectivity index (χ2v) is 5.25. The van der Waals surface area contributed by atoms with E-state index in [1.54, 1.807) is 13.2 Å². The van der Waals surface area contributed by atoms with Gasteiger partial charge in [0.05, 0.1) is 18.3 Å². The Morgan fingerprint density at radius 3 is 2.73 bits per heavy atom. The van der Waals surface area contributed by atoms with E-state index in [0.717, 1.165) is 16.7 Å². The van der Waals surface area contributed by atoms with Crippen molar-refractivity contribution in [3.63, 3.8) is 0 Å². The average Bonchev–Trinajstić information content (AvgIpc) is 2.89. The molecule has 2 rings (SSSR count). The molecule has 0 saturated heterocycles. The van der Waals surface area contributed by atoms with Gasteiger partial charge in [-0.15, -0.1) is 0 Å². The van der Waals surface area contributed by atoms with Crippen LogP contribution in [0.5, 0.6) is 0 Å². The Kier molecular flexibility index (Phi) is 4.93. The molecule has 0 saturated carbocycles. The predicted molar refractivity (Wildman–Crippen MR) is 84.5 cm³/mol. The number of nitrogens with zero attached hydrogens (tertiary/aromatic N) is 2. The van der Waals surface area contributed by atoms with Gasteiger partial charge >= 0.3 is 0 Å². The summed E-state index contributed by atoms with van der Waals surface area (Å²) in [6.07, 6.45) is 3.48. The fourth-order valence-corrected chi connectivity index (χ4v) is 2.11. The zero-order valence-electron chi connectivity index (χ0n) is 13.0. The molecule has 0 fully saturated rings. The van der Waals surface area contributed by atoms with E-state index < -0.39 is 0 Å². The number of nitrogens with one attached hydrogen (secondary N) is 2. The lowest BCUT2D eigenvalue weighted by molar-refractivity contribution is -0.121. The van der Waals surface area contributed by atoms with Crippen molar-refractivity contribution < 1.29 is 9.59 Å². The van der Waals surface area contributed by atoms with E-state index in [0.29, 0.717) is 12.1 Å². The Labute approximate surface area is 129 Å². The van der Waals surface area contributed by atoms with Crippen LogP contribution in [0.2, 0.25) is 0 Å². The number of benzene rings is 1. The molecule has 1 heterocycles. The fraction of sp³-hybridized carbons (Fsp3) is 0.312. The molecule has 1 aromatic carbocycles. The maximum absolute atomic E-state index is 12.1. The van der Waals surface area contributed by atoms with Gasteiger partial charge in [0.15, 0.2) is 0 Å². The Morgan fingerprint density at radius 2 is 2.00 bits per heavy atom. The van der Waals surface area contributed by atoms with Crippen molar-refractivity contribution >= 4 is 17.5 Å². The first kappa shape index (κ1) is 15.8. The van der Waals surface area contributed by atoms with E-state index >= 15 is 0 Å². The molecule has 0 atom stereocenters. The number of hydrogen-bond donors (Lipinski definition) is 2. The molecule has 0 spiro atoms. The van der Waals surface area contributed by atoms with Crippen molar-refractivity contribution in [1.29, 1.82) is 0 Å². The molecule has 2 N–H and O–H groups in total. The average molecular weight is 300 g/mol. The zero-order valence-corrected chi connectivity index (χ0v) is 13.0. The topological polar surface area (TPSA) is 76.0 Å². The maximum Gasteiger partial charge on any atom is 0.241 e. The number of aryl methyl sites for hydroxylation is 2. The first-order valence-electron chi connectivity index (χ1n) is 7.07. The van der Waals surface area contributed by atoms with Crippen LogP contribution in [0.15, 0.2) is 30.6 Å². The minimum Gasteiger partial charge on any atom is -0.358 e. The van der Waals surface area contributed by atoms with Crippen LogP contribution in [0.1, 0.15) is 16.7 Å². The van der Waals surface area contributed by atoms with E-state index in [2.05, 4.69) is 15.7 Å². The van der Waals surface area contributed by atoms with Gasteiger partial charge in [-0.05, 0) is 25.0 Å². The van der Waals surface area contributed by atoms with Gasteiger partial charge in [-0.25, -0.2) is 0 Å². The molecule has 0 aliphatic carbocycles. The number of aromatic nitrogens is 2. The third-order valence-electron chi connectivity index (χ3n) is 3.36. The highest BCUT2D eigenvalue weighted by Gasteiger charge is 2.09. The lowest BCUT2D eigenvalue weighted by atomic mass is 10.0. The molecule has 6 nitrogen and oxygen atoms in total. The lowest BCUT2D eigenvalue weighted by Crippen LogP contribution is -2.23. The highest BCUT2D eigenvalue weighted by molar-refractivity contribution is 5.92. The second-order valence-electron chi connectivity index (χ2n) is 5.25. The molecule has 2 aromatic rings. The smallest absolute Gasteiger partial charge is 0.241 e. The van der Waals surface area contributed by atoms with E-state index in [-0.39, 0.29) is 18.4 Å². The van der Waals surface area contributed by atoms with Crippen LogP contribution in [0.25, 0.3) is 0 Å². The molecule has 0 aliphatic rings. The van der Waals surface area contributed by atoms with Gasteiger partial charge in [0, 0.05) is 13.2 Å². The molecule has 1 aromatic heterocycles. The van der Waals surface area contributed by atoms with E-state index in [4.69, 9.17) is 0 Å². The molecule has 0 radical (unpaired) electrons. The van der Waals surface area contributed by atoms with Gasteiger partial charge in [-0.1, -0.05) is 23.8 Å². The summed E-state index contributed by atoms with van der Waals surface area (Å²) in [5.41, 5.74) is 3.82. The minimum absolute atomic E-state index is 0.104. The van der Waals surface area contributed by atoms with Crippen molar-refractivity contribution in [2.75, 3.05) is 12.4 Å². The molecule has 0 bridgehead atoms. The van der Waals surface area contributed by atoms with Crippen LogP contribution >= 0.6 is 0 Å². The number of hydrogen-bond acceptors (Lipinski definition) is 3. The van der Waals surface area contributed by atoms with Crippen LogP contribution in [0, 0.1) is 13.8 Å². The first-order valence-corrected chi connectivity index (χ1v) is 7.07. The molecule has 6 heteroatoms. The van der Waals surface area contributed by atoms with Crippen LogP contribution in [0.4, 0.5) is 5.69 Å². The highest BCUT2D eigenvalue weighted by atomic mass is 16.2. The van der Waals surface area contributed by atoms with E-state index in [9.17, 15) is 9.59 Å². The monoisotopic (exact) mass is 300 g/mol. The summed E-state index contributed by atoms with van der Waals surface area (Å²) >= 11 is 0. The SMILES string of the molecule is CNC(=O)Cn1cc(NC(=O)Cc2cc(C)ccc2C)cn1. The lowest BCUT2D eigenvalue weighted by Gasteiger charge is -2.07. The molecular weight excluding hydrogens is 280 g/mol. The van der Waals surface area contributed by atoms with Crippen LogP contribution in [-0.4, -0.2) is 28.6 Å². The molecule has 22 heavy (non-hydrogen) atoms. The molecule has 2 amide bonds. The van der Waals surface area contributed by atoms with Crippen LogP contribution in [-0.2, 0) is 22.6 Å². The number of rotatable bonds is 5. The third kappa shape index (κ3) is 4.18. The first-order chi connectivity index (χ1) is 10.5. The largest absolute Gasteiger partial charge is 0.358 e. The molecule has 116 valence electrons. The summed E-state index contributed by atoms with van der Waals surface area (Å²) in [6.45, 7) is 4.12. The second kappa shape index (κ2) is 6.89. The quantitative estimate of drug-likeness (QED) is 0.877. The summed E-state index contributed by atoms with van der Waals surface area (Å²) in [5.74, 6) is -0.246. The zero-order chi connectivity index (χ0) is 16.1. The summed E-state index contributed by atoms with van der Waals surface area (Å²) < 4.78 is 1.48. The van der Waals surface area contributed by atoms with Gasteiger partial charge in [0.1, 0.15) is 6.54 Å². The molecular formula is C16H20N4O2. The predicted octanol–water partition coefficient (Wildman–Crippen LogP) is 1.43. The van der Waals surface area contributed by atoms with Crippen molar-refractivity contribution in [3.8, 4) is 0 Å². The highest BCUT2D eigenvalue weighted by Crippen LogP contribution is 2.13. The van der Waals surface area contributed by atoms with Gasteiger partial charge in [-0.2, -0.15) is 5.10 Å². The van der Waals surface area contributed by atoms with Crippen LogP contribution < -0.4 is 10.6 Å². The van der Waals surface area contributed by atoms with E-state index in [1.165, 1.54) is 10.9 Å². The molecule has 0 aliphatic heterocycles. The summed E-state index contributed by atoms with van der Waals surface area (Å²) in [4.78, 5) is 23.4. The van der Waals surface area contributed by atoms with Crippen molar-refractivity contribution in [2.24, 2.45) is 0 Å². The minimum atomic E-state index is -0.142. The Bertz CT molecular complexity index is 691. The van der Waals surface area contributed by atoms with Gasteiger partial charge < -0.3 is 10.6 Å². The Morgan fingerprint density at radius 1 is 1.23 bits per heavy atom. The number of anilines is 1. The summed E-state index contributed by atoms with van der Waals surface area (Å²) in [6, 6.07) is 6.06. The van der Waals surface area contributed by atoms with Crippen molar-refractivity contribution in [1.82, 2.24) is 15.1 Å². The van der Waals surface area contributed by atoms with E-state index in [1.807, 2.05) is 32.0 Å². The maximum atomic E-state index is 12.1. The normalized spacial score (nSPS) is 10.3.